The zero-order valence-electron chi connectivity index (χ0n) is 15.3. The van der Waals surface area contributed by atoms with E-state index in [1.165, 1.54) is 32.4 Å². The molecule has 3 rings (SSSR count). The summed E-state index contributed by atoms with van der Waals surface area (Å²) in [4.78, 5) is 12.4. The van der Waals surface area contributed by atoms with Gasteiger partial charge in [-0.3, -0.25) is 10.1 Å². The maximum atomic E-state index is 12.5. The standard InChI is InChI=1S/C18H17N3O6S/c1-25-11-8-9-14(26-2)13(10-11)17-20-21-18(27-17)19-16(22)12-6-4-5-7-15(12)28(3,23)24/h4-10H,1-3H3,(H,19,21,22). The number of sulfone groups is 1. The number of carbonyl (C=O) groups is 1. The van der Waals surface area contributed by atoms with Gasteiger partial charge in [-0.05, 0) is 30.3 Å². The van der Waals surface area contributed by atoms with E-state index in [4.69, 9.17) is 13.9 Å². The molecule has 0 saturated heterocycles. The average molecular weight is 403 g/mol. The summed E-state index contributed by atoms with van der Waals surface area (Å²) in [6.45, 7) is 0. The van der Waals surface area contributed by atoms with E-state index in [-0.39, 0.29) is 22.4 Å². The maximum Gasteiger partial charge on any atom is 0.322 e. The number of benzene rings is 2. The first-order valence-corrected chi connectivity index (χ1v) is 9.89. The number of nitrogens with zero attached hydrogens (tertiary/aromatic N) is 2. The lowest BCUT2D eigenvalue weighted by atomic mass is 10.2. The topological polar surface area (TPSA) is 121 Å². The second kappa shape index (κ2) is 7.69. The molecule has 1 heterocycles. The van der Waals surface area contributed by atoms with E-state index >= 15 is 0 Å². The highest BCUT2D eigenvalue weighted by molar-refractivity contribution is 7.90. The Balaban J connectivity index is 1.90. The molecule has 146 valence electrons. The molecule has 0 radical (unpaired) electrons. The van der Waals surface area contributed by atoms with Crippen molar-refractivity contribution in [2.24, 2.45) is 0 Å². The summed E-state index contributed by atoms with van der Waals surface area (Å²) in [7, 11) is -0.572. The molecule has 0 saturated carbocycles. The highest BCUT2D eigenvalue weighted by Crippen LogP contribution is 2.33. The predicted octanol–water partition coefficient (Wildman–Crippen LogP) is 2.41. The van der Waals surface area contributed by atoms with E-state index in [0.29, 0.717) is 17.1 Å². The molecule has 0 aliphatic rings. The van der Waals surface area contributed by atoms with Gasteiger partial charge in [0.05, 0.1) is 30.2 Å². The molecule has 28 heavy (non-hydrogen) atoms. The van der Waals surface area contributed by atoms with E-state index in [1.54, 1.807) is 24.3 Å². The van der Waals surface area contributed by atoms with E-state index < -0.39 is 15.7 Å². The third-order valence-electron chi connectivity index (χ3n) is 3.81. The molecular formula is C18H17N3O6S. The Morgan fingerprint density at radius 1 is 1.07 bits per heavy atom. The summed E-state index contributed by atoms with van der Waals surface area (Å²) in [5.41, 5.74) is 0.454. The predicted molar refractivity (Wildman–Crippen MR) is 100 cm³/mol. The number of amides is 1. The van der Waals surface area contributed by atoms with Gasteiger partial charge in [0.1, 0.15) is 11.5 Å². The van der Waals surface area contributed by atoms with E-state index in [2.05, 4.69) is 15.5 Å². The summed E-state index contributed by atoms with van der Waals surface area (Å²) in [5.74, 6) is 0.447. The molecule has 0 aliphatic carbocycles. The van der Waals surface area contributed by atoms with Crippen LogP contribution in [-0.2, 0) is 9.84 Å². The minimum atomic E-state index is -3.58. The molecule has 1 N–H and O–H groups in total. The largest absolute Gasteiger partial charge is 0.497 e. The molecular weight excluding hydrogens is 386 g/mol. The molecule has 3 aromatic rings. The number of rotatable bonds is 6. The smallest absolute Gasteiger partial charge is 0.322 e. The Morgan fingerprint density at radius 2 is 1.82 bits per heavy atom. The fourth-order valence-electron chi connectivity index (χ4n) is 2.51. The van der Waals surface area contributed by atoms with E-state index in [0.717, 1.165) is 6.26 Å². The van der Waals surface area contributed by atoms with Crippen molar-refractivity contribution in [3.8, 4) is 23.0 Å². The molecule has 1 aromatic heterocycles. The normalized spacial score (nSPS) is 11.1. The van der Waals surface area contributed by atoms with Gasteiger partial charge in [-0.15, -0.1) is 5.10 Å². The van der Waals surface area contributed by atoms with E-state index in [1.807, 2.05) is 0 Å². The number of hydrogen-bond donors (Lipinski definition) is 1. The van der Waals surface area contributed by atoms with Crippen LogP contribution in [0.1, 0.15) is 10.4 Å². The Labute approximate surface area is 161 Å². The van der Waals surface area contributed by atoms with Gasteiger partial charge in [0.2, 0.25) is 0 Å². The molecule has 9 nitrogen and oxygen atoms in total. The number of anilines is 1. The lowest BCUT2D eigenvalue weighted by Crippen LogP contribution is -2.16. The molecule has 0 bridgehead atoms. The average Bonchev–Trinajstić information content (AvgIpc) is 3.15. The van der Waals surface area contributed by atoms with Crippen LogP contribution in [0.3, 0.4) is 0 Å². The maximum absolute atomic E-state index is 12.5. The van der Waals surface area contributed by atoms with Crippen molar-refractivity contribution in [2.45, 2.75) is 4.90 Å². The van der Waals surface area contributed by atoms with Crippen LogP contribution in [-0.4, -0.2) is 45.0 Å². The van der Waals surface area contributed by atoms with Crippen LogP contribution < -0.4 is 14.8 Å². The molecule has 0 atom stereocenters. The Morgan fingerprint density at radius 3 is 2.50 bits per heavy atom. The van der Waals surface area contributed by atoms with Crippen molar-refractivity contribution in [1.82, 2.24) is 10.2 Å². The first kappa shape index (κ1) is 19.4. The van der Waals surface area contributed by atoms with Crippen molar-refractivity contribution >= 4 is 21.8 Å². The van der Waals surface area contributed by atoms with Gasteiger partial charge in [-0.25, -0.2) is 8.42 Å². The molecule has 2 aromatic carbocycles. The number of nitrogens with one attached hydrogen (secondary N) is 1. The molecule has 0 fully saturated rings. The molecule has 10 heteroatoms. The van der Waals surface area contributed by atoms with Crippen LogP contribution in [0.4, 0.5) is 6.01 Å². The summed E-state index contributed by atoms with van der Waals surface area (Å²) in [6, 6.07) is 10.7. The van der Waals surface area contributed by atoms with Crippen LogP contribution in [0, 0.1) is 0 Å². The van der Waals surface area contributed by atoms with Gasteiger partial charge in [-0.1, -0.05) is 17.2 Å². The first-order valence-electron chi connectivity index (χ1n) is 8.00. The van der Waals surface area contributed by atoms with Gasteiger partial charge in [0.25, 0.3) is 11.8 Å². The molecule has 1 amide bonds. The highest BCUT2D eigenvalue weighted by atomic mass is 32.2. The molecule has 0 spiro atoms. The SMILES string of the molecule is COc1ccc(OC)c(-c2nnc(NC(=O)c3ccccc3S(C)(=O)=O)o2)c1. The van der Waals surface area contributed by atoms with Gasteiger partial charge in [0, 0.05) is 6.26 Å². The van der Waals surface area contributed by atoms with Crippen molar-refractivity contribution in [3.63, 3.8) is 0 Å². The Kier molecular flexibility index (Phi) is 5.32. The van der Waals surface area contributed by atoms with Crippen LogP contribution in [0.15, 0.2) is 51.8 Å². The minimum absolute atomic E-state index is 0.0243. The lowest BCUT2D eigenvalue weighted by molar-refractivity contribution is 0.102. The van der Waals surface area contributed by atoms with Crippen molar-refractivity contribution in [2.75, 3.05) is 25.8 Å². The van der Waals surface area contributed by atoms with Gasteiger partial charge in [0.15, 0.2) is 9.84 Å². The third-order valence-corrected chi connectivity index (χ3v) is 4.97. The van der Waals surface area contributed by atoms with Crippen LogP contribution in [0.5, 0.6) is 11.5 Å². The van der Waals surface area contributed by atoms with Gasteiger partial charge in [-0.2, -0.15) is 0 Å². The quantitative estimate of drug-likeness (QED) is 0.666. The van der Waals surface area contributed by atoms with Crippen LogP contribution in [0.25, 0.3) is 11.5 Å². The fraction of sp³-hybridized carbons (Fsp3) is 0.167. The Bertz CT molecular complexity index is 1120. The molecule has 0 unspecified atom stereocenters. The van der Waals surface area contributed by atoms with Gasteiger partial charge >= 0.3 is 6.01 Å². The van der Waals surface area contributed by atoms with Crippen molar-refractivity contribution in [3.05, 3.63) is 48.0 Å². The van der Waals surface area contributed by atoms with Crippen molar-refractivity contribution < 1.29 is 27.1 Å². The minimum Gasteiger partial charge on any atom is -0.497 e. The first-order chi connectivity index (χ1) is 13.3. The second-order valence-electron chi connectivity index (χ2n) is 5.70. The number of aromatic nitrogens is 2. The number of hydrogen-bond acceptors (Lipinski definition) is 8. The highest BCUT2D eigenvalue weighted by Gasteiger charge is 2.21. The molecule has 0 aliphatic heterocycles. The fourth-order valence-corrected chi connectivity index (χ4v) is 3.39. The summed E-state index contributed by atoms with van der Waals surface area (Å²) in [5, 5.41) is 10.1. The number of carbonyl (C=O) groups excluding carboxylic acids is 1. The summed E-state index contributed by atoms with van der Waals surface area (Å²) < 4.78 is 39.7. The lowest BCUT2D eigenvalue weighted by Gasteiger charge is -2.07. The zero-order valence-corrected chi connectivity index (χ0v) is 16.1. The number of ether oxygens (including phenoxy) is 2. The van der Waals surface area contributed by atoms with E-state index in [9.17, 15) is 13.2 Å². The van der Waals surface area contributed by atoms with Crippen LogP contribution in [0.2, 0.25) is 0 Å². The monoisotopic (exact) mass is 403 g/mol. The Hall–Kier alpha value is -3.40. The summed E-state index contributed by atoms with van der Waals surface area (Å²) >= 11 is 0. The summed E-state index contributed by atoms with van der Waals surface area (Å²) in [6.07, 6.45) is 1.03. The van der Waals surface area contributed by atoms with Crippen LogP contribution >= 0.6 is 0 Å². The third kappa shape index (κ3) is 3.96. The van der Waals surface area contributed by atoms with Gasteiger partial charge < -0.3 is 13.9 Å². The second-order valence-corrected chi connectivity index (χ2v) is 7.69. The number of methoxy groups -OCH3 is 2. The van der Waals surface area contributed by atoms with Crippen molar-refractivity contribution in [1.29, 1.82) is 0 Å². The zero-order chi connectivity index (χ0) is 20.3.